The molecule has 0 aromatic heterocycles. The number of halogens is 2. The maximum absolute atomic E-state index is 13.3. The first-order valence-corrected chi connectivity index (χ1v) is 6.96. The molecule has 1 aromatic carbocycles. The minimum Gasteiger partial charge on any atom is -0.329 e. The molecule has 1 unspecified atom stereocenters. The van der Waals surface area contributed by atoms with Crippen molar-refractivity contribution in [3.05, 3.63) is 35.4 Å². The lowest BCUT2D eigenvalue weighted by molar-refractivity contribution is -0.179. The maximum atomic E-state index is 13.3. The number of benzene rings is 1. The minimum absolute atomic E-state index is 0.134. The van der Waals surface area contributed by atoms with Gasteiger partial charge in [0.15, 0.2) is 0 Å². The van der Waals surface area contributed by atoms with E-state index >= 15 is 0 Å². The zero-order valence-electron chi connectivity index (χ0n) is 11.6. The molecule has 2 amide bonds. The van der Waals surface area contributed by atoms with E-state index < -0.39 is 36.0 Å². The Hall–Kier alpha value is -2.31. The van der Waals surface area contributed by atoms with Crippen LogP contribution in [0.2, 0.25) is 0 Å². The van der Waals surface area contributed by atoms with E-state index in [2.05, 4.69) is 0 Å². The standard InChI is InChI=1S/C15H13F2NO4/c16-15(17)7-3-4-9(8-15)14(21)22-18-12(19)10-5-1-2-6-11(10)13(18)20/h1-2,5-6,9H,3-4,7-8H2. The third kappa shape index (κ3) is 2.47. The molecule has 116 valence electrons. The Bertz CT molecular complexity index is 624. The lowest BCUT2D eigenvalue weighted by Gasteiger charge is -2.27. The smallest absolute Gasteiger partial charge is 0.329 e. The fraction of sp³-hybridized carbons (Fsp3) is 0.400. The molecule has 1 atom stereocenters. The Labute approximate surface area is 124 Å². The quantitative estimate of drug-likeness (QED) is 0.788. The number of carbonyl (C=O) groups excluding carboxylic acids is 3. The minimum atomic E-state index is -2.91. The first-order valence-electron chi connectivity index (χ1n) is 6.96. The van der Waals surface area contributed by atoms with Crippen LogP contribution in [0, 0.1) is 5.92 Å². The zero-order valence-corrected chi connectivity index (χ0v) is 11.6. The van der Waals surface area contributed by atoms with Gasteiger partial charge in [0.2, 0.25) is 5.92 Å². The molecule has 22 heavy (non-hydrogen) atoms. The highest BCUT2D eigenvalue weighted by atomic mass is 19.3. The molecular weight excluding hydrogens is 296 g/mol. The normalized spacial score (nSPS) is 23.4. The van der Waals surface area contributed by atoms with E-state index in [1.807, 2.05) is 0 Å². The Morgan fingerprint density at radius 3 is 2.32 bits per heavy atom. The number of rotatable bonds is 2. The third-order valence-corrected chi connectivity index (χ3v) is 3.91. The van der Waals surface area contributed by atoms with Crippen LogP contribution in [0.5, 0.6) is 0 Å². The molecule has 3 rings (SSSR count). The molecular formula is C15H13F2NO4. The van der Waals surface area contributed by atoms with Crippen molar-refractivity contribution in [2.24, 2.45) is 5.92 Å². The summed E-state index contributed by atoms with van der Waals surface area (Å²) in [5.41, 5.74) is 0.267. The van der Waals surface area contributed by atoms with Crippen LogP contribution in [0.1, 0.15) is 46.4 Å². The molecule has 0 bridgehead atoms. The van der Waals surface area contributed by atoms with E-state index in [-0.39, 0.29) is 30.4 Å². The number of nitrogens with zero attached hydrogens (tertiary/aromatic N) is 1. The Balaban J connectivity index is 1.73. The van der Waals surface area contributed by atoms with E-state index in [1.165, 1.54) is 12.1 Å². The molecule has 5 nitrogen and oxygen atoms in total. The SMILES string of the molecule is O=C(ON1C(=O)c2ccccc2C1=O)C1CCCC(F)(F)C1. The van der Waals surface area contributed by atoms with Crippen LogP contribution in [0.4, 0.5) is 8.78 Å². The van der Waals surface area contributed by atoms with Gasteiger partial charge in [0.25, 0.3) is 11.8 Å². The van der Waals surface area contributed by atoms with E-state index in [4.69, 9.17) is 4.84 Å². The van der Waals surface area contributed by atoms with Crippen LogP contribution in [-0.2, 0) is 9.63 Å². The van der Waals surface area contributed by atoms with Gasteiger partial charge in [-0.25, -0.2) is 13.6 Å². The van der Waals surface area contributed by atoms with E-state index in [9.17, 15) is 23.2 Å². The predicted molar refractivity (Wildman–Crippen MR) is 69.9 cm³/mol. The molecule has 0 N–H and O–H groups in total. The number of carbonyl (C=O) groups is 3. The second kappa shape index (κ2) is 5.15. The number of hydrogen-bond donors (Lipinski definition) is 0. The summed E-state index contributed by atoms with van der Waals surface area (Å²) < 4.78 is 26.7. The second-order valence-electron chi connectivity index (χ2n) is 5.51. The van der Waals surface area contributed by atoms with E-state index in [0.717, 1.165) is 0 Å². The van der Waals surface area contributed by atoms with Crippen molar-refractivity contribution in [2.45, 2.75) is 31.6 Å². The average molecular weight is 309 g/mol. The van der Waals surface area contributed by atoms with Crippen molar-refractivity contribution in [3.8, 4) is 0 Å². The number of hydrogen-bond acceptors (Lipinski definition) is 4. The number of hydroxylamine groups is 2. The van der Waals surface area contributed by atoms with Gasteiger partial charge < -0.3 is 4.84 Å². The predicted octanol–water partition coefficient (Wildman–Crippen LogP) is 2.57. The van der Waals surface area contributed by atoms with Crippen LogP contribution >= 0.6 is 0 Å². The second-order valence-corrected chi connectivity index (χ2v) is 5.51. The van der Waals surface area contributed by atoms with Crippen LogP contribution in [0.25, 0.3) is 0 Å². The number of alkyl halides is 2. The van der Waals surface area contributed by atoms with Crippen molar-refractivity contribution >= 4 is 17.8 Å². The molecule has 2 aliphatic rings. The number of amides is 2. The molecule has 1 aromatic rings. The van der Waals surface area contributed by atoms with Gasteiger partial charge in [0.1, 0.15) is 0 Å². The molecule has 1 heterocycles. The highest BCUT2D eigenvalue weighted by Crippen LogP contribution is 2.37. The molecule has 1 fully saturated rings. The lowest BCUT2D eigenvalue weighted by Crippen LogP contribution is -2.38. The third-order valence-electron chi connectivity index (χ3n) is 3.91. The summed E-state index contributed by atoms with van der Waals surface area (Å²) in [7, 11) is 0. The highest BCUT2D eigenvalue weighted by Gasteiger charge is 2.43. The van der Waals surface area contributed by atoms with Gasteiger partial charge in [0.05, 0.1) is 17.0 Å². The molecule has 0 radical (unpaired) electrons. The number of imide groups is 1. The van der Waals surface area contributed by atoms with Crippen molar-refractivity contribution < 1.29 is 28.0 Å². The van der Waals surface area contributed by atoms with Crippen molar-refractivity contribution in [2.75, 3.05) is 0 Å². The van der Waals surface area contributed by atoms with Gasteiger partial charge in [-0.05, 0) is 25.0 Å². The fourth-order valence-electron chi connectivity index (χ4n) is 2.79. The molecule has 0 spiro atoms. The van der Waals surface area contributed by atoms with Crippen LogP contribution in [0.15, 0.2) is 24.3 Å². The molecule has 1 saturated carbocycles. The maximum Gasteiger partial charge on any atom is 0.336 e. The molecule has 0 saturated heterocycles. The van der Waals surface area contributed by atoms with Crippen molar-refractivity contribution in [1.82, 2.24) is 5.06 Å². The average Bonchev–Trinajstić information content (AvgIpc) is 2.72. The largest absolute Gasteiger partial charge is 0.336 e. The topological polar surface area (TPSA) is 63.7 Å². The summed E-state index contributed by atoms with van der Waals surface area (Å²) in [4.78, 5) is 40.9. The molecule has 1 aliphatic heterocycles. The van der Waals surface area contributed by atoms with Crippen LogP contribution < -0.4 is 0 Å². The van der Waals surface area contributed by atoms with Gasteiger partial charge in [-0.1, -0.05) is 17.2 Å². The van der Waals surface area contributed by atoms with Gasteiger partial charge >= 0.3 is 5.97 Å². The summed E-state index contributed by atoms with van der Waals surface area (Å²) in [5, 5.41) is 0.361. The van der Waals surface area contributed by atoms with Crippen molar-refractivity contribution in [1.29, 1.82) is 0 Å². The van der Waals surface area contributed by atoms with Gasteiger partial charge in [-0.3, -0.25) is 9.59 Å². The Morgan fingerprint density at radius 1 is 1.18 bits per heavy atom. The Morgan fingerprint density at radius 2 is 1.77 bits per heavy atom. The van der Waals surface area contributed by atoms with E-state index in [1.54, 1.807) is 12.1 Å². The summed E-state index contributed by atoms with van der Waals surface area (Å²) in [5.74, 6) is -6.39. The van der Waals surface area contributed by atoms with Gasteiger partial charge in [-0.15, -0.1) is 0 Å². The monoisotopic (exact) mass is 309 g/mol. The van der Waals surface area contributed by atoms with Gasteiger partial charge in [-0.2, -0.15) is 0 Å². The summed E-state index contributed by atoms with van der Waals surface area (Å²) in [6.45, 7) is 0. The summed E-state index contributed by atoms with van der Waals surface area (Å²) in [6.07, 6.45) is -0.411. The number of fused-ring (bicyclic) bond motifs is 1. The zero-order chi connectivity index (χ0) is 15.9. The van der Waals surface area contributed by atoms with Gasteiger partial charge in [0, 0.05) is 12.8 Å². The molecule has 7 heteroatoms. The molecule has 1 aliphatic carbocycles. The van der Waals surface area contributed by atoms with Crippen molar-refractivity contribution in [3.63, 3.8) is 0 Å². The highest BCUT2D eigenvalue weighted by molar-refractivity contribution is 6.20. The first-order chi connectivity index (χ1) is 10.4. The Kier molecular flexibility index (Phi) is 3.42. The fourth-order valence-corrected chi connectivity index (χ4v) is 2.79. The lowest BCUT2D eigenvalue weighted by atomic mass is 9.87. The summed E-state index contributed by atoms with van der Waals surface area (Å²) >= 11 is 0. The first kappa shape index (κ1) is 14.6. The van der Waals surface area contributed by atoms with Crippen LogP contribution in [0.3, 0.4) is 0 Å². The van der Waals surface area contributed by atoms with E-state index in [0.29, 0.717) is 5.06 Å². The van der Waals surface area contributed by atoms with Crippen LogP contribution in [-0.4, -0.2) is 28.8 Å². The summed E-state index contributed by atoms with van der Waals surface area (Å²) in [6, 6.07) is 6.05.